The first kappa shape index (κ1) is 16.1. The minimum Gasteiger partial charge on any atom is -0.460 e. The summed E-state index contributed by atoms with van der Waals surface area (Å²) in [6, 6.07) is 8.52. The zero-order chi connectivity index (χ0) is 15.5. The molecule has 0 saturated heterocycles. The molecule has 1 aliphatic rings. The average Bonchev–Trinajstić information content (AvgIpc) is 2.83. The Labute approximate surface area is 130 Å². The summed E-state index contributed by atoms with van der Waals surface area (Å²) in [6.07, 6.45) is 1.16. The number of hydrogen-bond donors (Lipinski definition) is 1. The topological polar surface area (TPSA) is 38.7 Å². The Kier molecular flexibility index (Phi) is 5.09. The summed E-state index contributed by atoms with van der Waals surface area (Å²) in [5, 5.41) is 1.21. The third-order valence-corrected chi connectivity index (χ3v) is 6.03. The Hall–Kier alpha value is -1.29. The molecule has 0 N–H and O–H groups in total. The van der Waals surface area contributed by atoms with Crippen LogP contribution in [0, 0.1) is 6.92 Å². The molecule has 0 fully saturated rings. The van der Waals surface area contributed by atoms with Crippen molar-refractivity contribution in [1.82, 2.24) is 0 Å². The predicted molar refractivity (Wildman–Crippen MR) is 90.7 cm³/mol. The third kappa shape index (κ3) is 4.60. The van der Waals surface area contributed by atoms with Crippen LogP contribution in [0.5, 0.6) is 0 Å². The Morgan fingerprint density at radius 1 is 1.33 bits per heavy atom. The van der Waals surface area contributed by atoms with Crippen LogP contribution in [0.2, 0.25) is 0 Å². The molecule has 1 heterocycles. The molecule has 1 aromatic rings. The summed E-state index contributed by atoms with van der Waals surface area (Å²) in [7, 11) is -0.346. The Morgan fingerprint density at radius 2 is 2.05 bits per heavy atom. The quantitative estimate of drug-likeness (QED) is 0.677. The zero-order valence-electron chi connectivity index (χ0n) is 13.3. The number of carbonyl (C=O) groups excluding carboxylic acids is 1. The van der Waals surface area contributed by atoms with Crippen molar-refractivity contribution in [2.75, 3.05) is 12.3 Å². The first-order valence-corrected chi connectivity index (χ1v) is 8.98. The molecule has 2 rings (SSSR count). The van der Waals surface area contributed by atoms with E-state index in [4.69, 9.17) is 4.74 Å². The van der Waals surface area contributed by atoms with Crippen LogP contribution in [0.3, 0.4) is 0 Å². The zero-order valence-corrected chi connectivity index (χ0v) is 14.2. The molecule has 0 radical (unpaired) electrons. The second kappa shape index (κ2) is 6.65. The van der Waals surface area contributed by atoms with Crippen LogP contribution in [-0.4, -0.2) is 28.9 Å². The molecule has 0 amide bonds. The van der Waals surface area contributed by atoms with Crippen molar-refractivity contribution in [2.24, 2.45) is 4.99 Å². The summed E-state index contributed by atoms with van der Waals surface area (Å²) in [4.78, 5) is 17.9. The van der Waals surface area contributed by atoms with Gasteiger partial charge in [-0.25, -0.2) is 0 Å². The Balaban J connectivity index is 1.97. The van der Waals surface area contributed by atoms with Gasteiger partial charge in [0.2, 0.25) is 0 Å². The number of aliphatic imine (C=N–C) groups is 1. The lowest BCUT2D eigenvalue weighted by Crippen LogP contribution is -2.24. The van der Waals surface area contributed by atoms with E-state index in [2.05, 4.69) is 36.2 Å². The molecular weight excluding hydrogens is 282 g/mol. The molecular formula is C17H25NO2S. The fourth-order valence-electron chi connectivity index (χ4n) is 2.44. The molecule has 0 spiro atoms. The van der Waals surface area contributed by atoms with Gasteiger partial charge in [0.1, 0.15) is 5.60 Å². The van der Waals surface area contributed by atoms with Crippen molar-refractivity contribution in [3.63, 3.8) is 0 Å². The highest BCUT2D eigenvalue weighted by atomic mass is 32.2. The number of rotatable bonds is 4. The summed E-state index contributed by atoms with van der Waals surface area (Å²) in [5.74, 6) is 0.987. The summed E-state index contributed by atoms with van der Waals surface area (Å²) >= 11 is 0. The van der Waals surface area contributed by atoms with E-state index in [0.29, 0.717) is 6.42 Å². The highest BCUT2D eigenvalue weighted by Gasteiger charge is 2.22. The highest BCUT2D eigenvalue weighted by molar-refractivity contribution is 8.30. The second-order valence-corrected chi connectivity index (χ2v) is 8.62. The first-order chi connectivity index (χ1) is 9.87. The van der Waals surface area contributed by atoms with Crippen LogP contribution in [-0.2, 0) is 9.53 Å². The van der Waals surface area contributed by atoms with Gasteiger partial charge in [-0.15, -0.1) is 0 Å². The predicted octanol–water partition coefficient (Wildman–Crippen LogP) is 3.89. The smallest absolute Gasteiger partial charge is 0.306 e. The number of thiol groups is 1. The van der Waals surface area contributed by atoms with Crippen LogP contribution in [0.4, 0.5) is 0 Å². The number of benzene rings is 1. The summed E-state index contributed by atoms with van der Waals surface area (Å²) < 4.78 is 5.38. The molecule has 21 heavy (non-hydrogen) atoms. The third-order valence-electron chi connectivity index (χ3n) is 3.31. The van der Waals surface area contributed by atoms with E-state index < -0.39 is 5.60 Å². The second-order valence-electron chi connectivity index (χ2n) is 6.32. The maximum atomic E-state index is 11.9. The van der Waals surface area contributed by atoms with Gasteiger partial charge in [0, 0.05) is 18.7 Å². The minimum absolute atomic E-state index is 0.128. The van der Waals surface area contributed by atoms with Crippen LogP contribution in [0.15, 0.2) is 34.2 Å². The highest BCUT2D eigenvalue weighted by Crippen LogP contribution is 2.43. The van der Waals surface area contributed by atoms with Crippen molar-refractivity contribution in [3.8, 4) is 0 Å². The molecule has 1 aliphatic heterocycles. The lowest BCUT2D eigenvalue weighted by atomic mass is 10.2. The standard InChI is InChI=1S/C17H25NO2S/c1-13-7-5-6-8-14(13)21-12-11-18-15(21)9-10-16(19)20-17(2,3)4/h5-8,21H,9-12H2,1-4H3. The van der Waals surface area contributed by atoms with Gasteiger partial charge in [-0.05, 0) is 44.2 Å². The largest absolute Gasteiger partial charge is 0.460 e. The van der Waals surface area contributed by atoms with Crippen molar-refractivity contribution >= 4 is 21.9 Å². The van der Waals surface area contributed by atoms with Gasteiger partial charge in [0.05, 0.1) is 11.5 Å². The number of ether oxygens (including phenoxy) is 1. The van der Waals surface area contributed by atoms with E-state index in [1.54, 1.807) is 0 Å². The molecule has 4 heteroatoms. The number of nitrogens with zero attached hydrogens (tertiary/aromatic N) is 1. The average molecular weight is 307 g/mol. The lowest BCUT2D eigenvalue weighted by Gasteiger charge is -2.22. The Bertz CT molecular complexity index is 546. The number of carbonyl (C=O) groups is 1. The van der Waals surface area contributed by atoms with Gasteiger partial charge in [-0.2, -0.15) is 10.9 Å². The molecule has 0 bridgehead atoms. The molecule has 3 nitrogen and oxygen atoms in total. The van der Waals surface area contributed by atoms with Gasteiger partial charge in [0.25, 0.3) is 0 Å². The van der Waals surface area contributed by atoms with Crippen LogP contribution in [0.25, 0.3) is 0 Å². The van der Waals surface area contributed by atoms with Crippen molar-refractivity contribution in [2.45, 2.75) is 51.0 Å². The van der Waals surface area contributed by atoms with Crippen LogP contribution < -0.4 is 0 Å². The SMILES string of the molecule is Cc1ccccc1[SH]1CCN=C1CCC(=O)OC(C)(C)C. The summed E-state index contributed by atoms with van der Waals surface area (Å²) in [6.45, 7) is 8.75. The molecule has 0 aromatic heterocycles. The van der Waals surface area contributed by atoms with E-state index in [0.717, 1.165) is 18.7 Å². The van der Waals surface area contributed by atoms with Crippen LogP contribution in [0.1, 0.15) is 39.2 Å². The van der Waals surface area contributed by atoms with Gasteiger partial charge in [-0.1, -0.05) is 18.2 Å². The van der Waals surface area contributed by atoms with E-state index >= 15 is 0 Å². The fourth-order valence-corrected chi connectivity index (χ4v) is 4.94. The van der Waals surface area contributed by atoms with Gasteiger partial charge >= 0.3 is 5.97 Å². The van der Waals surface area contributed by atoms with Crippen LogP contribution >= 0.6 is 10.9 Å². The fraction of sp³-hybridized carbons (Fsp3) is 0.529. The van der Waals surface area contributed by atoms with Crippen molar-refractivity contribution in [3.05, 3.63) is 29.8 Å². The molecule has 1 unspecified atom stereocenters. The van der Waals surface area contributed by atoms with Crippen molar-refractivity contribution in [1.29, 1.82) is 0 Å². The van der Waals surface area contributed by atoms with E-state index in [1.807, 2.05) is 20.8 Å². The lowest BCUT2D eigenvalue weighted by molar-refractivity contribution is -0.154. The molecule has 116 valence electrons. The molecule has 1 aromatic carbocycles. The Morgan fingerprint density at radius 3 is 2.71 bits per heavy atom. The van der Waals surface area contributed by atoms with E-state index in [9.17, 15) is 4.79 Å². The van der Waals surface area contributed by atoms with Crippen molar-refractivity contribution < 1.29 is 9.53 Å². The number of esters is 1. The minimum atomic E-state index is -0.407. The normalized spacial score (nSPS) is 20.2. The van der Waals surface area contributed by atoms with Gasteiger partial charge < -0.3 is 4.74 Å². The monoisotopic (exact) mass is 307 g/mol. The number of hydrogen-bond acceptors (Lipinski definition) is 3. The van der Waals surface area contributed by atoms with E-state index in [-0.39, 0.29) is 16.9 Å². The van der Waals surface area contributed by atoms with Gasteiger partial charge in [-0.3, -0.25) is 9.79 Å². The summed E-state index contributed by atoms with van der Waals surface area (Å²) in [5.41, 5.74) is 0.922. The first-order valence-electron chi connectivity index (χ1n) is 7.45. The molecule has 0 saturated carbocycles. The van der Waals surface area contributed by atoms with Gasteiger partial charge in [0.15, 0.2) is 0 Å². The van der Waals surface area contributed by atoms with E-state index in [1.165, 1.54) is 15.5 Å². The maximum absolute atomic E-state index is 11.9. The molecule has 0 aliphatic carbocycles. The maximum Gasteiger partial charge on any atom is 0.306 e. The number of aryl methyl sites for hydroxylation is 1. The molecule has 1 atom stereocenters.